The second-order valence-electron chi connectivity index (χ2n) is 6.54. The standard InChI is InChI=1S/C15H26N4O4S/c1-11(2)14-17-15(23-18-14)12-5-4-9-19(24(3,21)22)10-7-13(20)16-8-6-12/h11-12H,4-10H2,1-3H3,(H,16,20). The molecule has 0 bridgehead atoms. The summed E-state index contributed by atoms with van der Waals surface area (Å²) in [4.78, 5) is 16.3. The zero-order valence-electron chi connectivity index (χ0n) is 14.5. The Kier molecular flexibility index (Phi) is 6.34. The summed E-state index contributed by atoms with van der Waals surface area (Å²) >= 11 is 0. The first-order chi connectivity index (χ1) is 11.3. The number of carbonyl (C=O) groups excluding carboxylic acids is 1. The molecule has 2 heterocycles. The summed E-state index contributed by atoms with van der Waals surface area (Å²) in [6.45, 7) is 5.12. The van der Waals surface area contributed by atoms with E-state index in [1.165, 1.54) is 10.6 Å². The van der Waals surface area contributed by atoms with Gasteiger partial charge in [0.15, 0.2) is 5.82 Å². The topological polar surface area (TPSA) is 105 Å². The van der Waals surface area contributed by atoms with E-state index >= 15 is 0 Å². The van der Waals surface area contributed by atoms with E-state index in [0.29, 0.717) is 37.6 Å². The number of rotatable bonds is 3. The Morgan fingerprint density at radius 3 is 2.67 bits per heavy atom. The first-order valence-electron chi connectivity index (χ1n) is 8.32. The summed E-state index contributed by atoms with van der Waals surface area (Å²) < 4.78 is 30.4. The van der Waals surface area contributed by atoms with E-state index in [4.69, 9.17) is 4.52 Å². The number of aromatic nitrogens is 2. The molecule has 0 aromatic carbocycles. The molecule has 2 rings (SSSR count). The summed E-state index contributed by atoms with van der Waals surface area (Å²) in [5.41, 5.74) is 0. The second kappa shape index (κ2) is 8.06. The van der Waals surface area contributed by atoms with Gasteiger partial charge in [-0.05, 0) is 19.3 Å². The van der Waals surface area contributed by atoms with Crippen molar-refractivity contribution in [2.75, 3.05) is 25.9 Å². The summed E-state index contributed by atoms with van der Waals surface area (Å²) in [6.07, 6.45) is 3.47. The van der Waals surface area contributed by atoms with E-state index in [9.17, 15) is 13.2 Å². The minimum Gasteiger partial charge on any atom is -0.356 e. The van der Waals surface area contributed by atoms with Gasteiger partial charge >= 0.3 is 0 Å². The maximum Gasteiger partial charge on any atom is 0.229 e. The quantitative estimate of drug-likeness (QED) is 0.871. The lowest BCUT2D eigenvalue weighted by molar-refractivity contribution is -0.121. The highest BCUT2D eigenvalue weighted by molar-refractivity contribution is 7.88. The maximum absolute atomic E-state index is 11.8. The molecule has 8 nitrogen and oxygen atoms in total. The van der Waals surface area contributed by atoms with E-state index in [1.807, 2.05) is 13.8 Å². The Hall–Kier alpha value is -1.48. The minimum absolute atomic E-state index is 0.0183. The Bertz CT molecular complexity index is 656. The first kappa shape index (κ1) is 18.9. The molecule has 0 spiro atoms. The van der Waals surface area contributed by atoms with Crippen molar-refractivity contribution in [3.63, 3.8) is 0 Å². The van der Waals surface area contributed by atoms with Crippen molar-refractivity contribution in [2.45, 2.75) is 51.4 Å². The van der Waals surface area contributed by atoms with Crippen LogP contribution in [0.5, 0.6) is 0 Å². The van der Waals surface area contributed by atoms with E-state index < -0.39 is 10.0 Å². The highest BCUT2D eigenvalue weighted by Gasteiger charge is 2.23. The fourth-order valence-electron chi connectivity index (χ4n) is 2.70. The molecule has 0 saturated carbocycles. The molecule has 1 unspecified atom stereocenters. The third-order valence-corrected chi connectivity index (χ3v) is 5.46. The smallest absolute Gasteiger partial charge is 0.229 e. The lowest BCUT2D eigenvalue weighted by Gasteiger charge is -2.19. The SMILES string of the molecule is CC(C)c1noc(C2CCCN(S(C)(=O)=O)CCC(=O)NCC2)n1. The maximum atomic E-state index is 11.8. The van der Waals surface area contributed by atoms with Crippen LogP contribution in [0.15, 0.2) is 4.52 Å². The summed E-state index contributed by atoms with van der Waals surface area (Å²) in [7, 11) is -3.32. The predicted octanol–water partition coefficient (Wildman–Crippen LogP) is 1.23. The van der Waals surface area contributed by atoms with Gasteiger partial charge in [-0.25, -0.2) is 12.7 Å². The third-order valence-electron chi connectivity index (χ3n) is 4.16. The van der Waals surface area contributed by atoms with Crippen LogP contribution in [0, 0.1) is 0 Å². The van der Waals surface area contributed by atoms with Gasteiger partial charge in [-0.2, -0.15) is 4.98 Å². The molecule has 24 heavy (non-hydrogen) atoms. The Morgan fingerprint density at radius 1 is 1.29 bits per heavy atom. The molecule has 136 valence electrons. The Balaban J connectivity index is 2.11. The summed E-state index contributed by atoms with van der Waals surface area (Å²) in [5, 5.41) is 6.83. The van der Waals surface area contributed by atoms with Crippen molar-refractivity contribution in [1.29, 1.82) is 0 Å². The van der Waals surface area contributed by atoms with Crippen molar-refractivity contribution >= 4 is 15.9 Å². The second-order valence-corrected chi connectivity index (χ2v) is 8.52. The summed E-state index contributed by atoms with van der Waals surface area (Å²) in [6, 6.07) is 0. The monoisotopic (exact) mass is 358 g/mol. The molecule has 1 fully saturated rings. The average molecular weight is 358 g/mol. The van der Waals surface area contributed by atoms with Gasteiger partial charge in [0.25, 0.3) is 0 Å². The van der Waals surface area contributed by atoms with Crippen LogP contribution in [0.1, 0.15) is 63.1 Å². The van der Waals surface area contributed by atoms with Crippen LogP contribution in [-0.2, 0) is 14.8 Å². The van der Waals surface area contributed by atoms with Gasteiger partial charge in [0.2, 0.25) is 21.8 Å². The number of amides is 1. The van der Waals surface area contributed by atoms with Crippen molar-refractivity contribution in [3.05, 3.63) is 11.7 Å². The van der Waals surface area contributed by atoms with Crippen LogP contribution >= 0.6 is 0 Å². The molecule has 1 aliphatic heterocycles. The van der Waals surface area contributed by atoms with Crippen LogP contribution in [0.3, 0.4) is 0 Å². The lowest BCUT2D eigenvalue weighted by atomic mass is 9.99. The molecule has 1 saturated heterocycles. The average Bonchev–Trinajstić information content (AvgIpc) is 2.95. The van der Waals surface area contributed by atoms with E-state index in [-0.39, 0.29) is 30.7 Å². The fourth-order valence-corrected chi connectivity index (χ4v) is 3.58. The van der Waals surface area contributed by atoms with Gasteiger partial charge in [-0.1, -0.05) is 19.0 Å². The van der Waals surface area contributed by atoms with Crippen molar-refractivity contribution in [1.82, 2.24) is 19.8 Å². The predicted molar refractivity (Wildman–Crippen MR) is 89.0 cm³/mol. The van der Waals surface area contributed by atoms with Crippen LogP contribution in [0.4, 0.5) is 0 Å². The van der Waals surface area contributed by atoms with Crippen LogP contribution in [0.2, 0.25) is 0 Å². The number of nitrogens with zero attached hydrogens (tertiary/aromatic N) is 3. The van der Waals surface area contributed by atoms with E-state index in [0.717, 1.165) is 6.42 Å². The van der Waals surface area contributed by atoms with Gasteiger partial charge in [-0.3, -0.25) is 4.79 Å². The minimum atomic E-state index is -3.32. The fraction of sp³-hybridized carbons (Fsp3) is 0.800. The number of carbonyl (C=O) groups is 1. The molecule has 9 heteroatoms. The van der Waals surface area contributed by atoms with Crippen molar-refractivity contribution in [3.8, 4) is 0 Å². The highest BCUT2D eigenvalue weighted by Crippen LogP contribution is 2.25. The van der Waals surface area contributed by atoms with Gasteiger partial charge in [0.1, 0.15) is 0 Å². The Morgan fingerprint density at radius 2 is 2.04 bits per heavy atom. The Labute approximate surface area is 143 Å². The number of hydrogen-bond donors (Lipinski definition) is 1. The first-order valence-corrected chi connectivity index (χ1v) is 10.2. The van der Waals surface area contributed by atoms with E-state index in [1.54, 1.807) is 0 Å². The third kappa shape index (κ3) is 5.27. The molecule has 0 radical (unpaired) electrons. The van der Waals surface area contributed by atoms with Gasteiger partial charge in [-0.15, -0.1) is 0 Å². The normalized spacial score (nSPS) is 22.2. The molecular weight excluding hydrogens is 332 g/mol. The van der Waals surface area contributed by atoms with Gasteiger partial charge in [0.05, 0.1) is 6.26 Å². The molecular formula is C15H26N4O4S. The van der Waals surface area contributed by atoms with Crippen LogP contribution < -0.4 is 5.32 Å². The molecule has 1 N–H and O–H groups in total. The van der Waals surface area contributed by atoms with Gasteiger partial charge in [0, 0.05) is 37.9 Å². The van der Waals surface area contributed by atoms with Gasteiger partial charge < -0.3 is 9.84 Å². The molecule has 1 amide bonds. The molecule has 1 aromatic heterocycles. The highest BCUT2D eigenvalue weighted by atomic mass is 32.2. The molecule has 1 aromatic rings. The zero-order chi connectivity index (χ0) is 17.7. The number of hydrogen-bond acceptors (Lipinski definition) is 6. The van der Waals surface area contributed by atoms with Crippen LogP contribution in [-0.4, -0.2) is 54.7 Å². The molecule has 1 atom stereocenters. The lowest BCUT2D eigenvalue weighted by Crippen LogP contribution is -2.35. The van der Waals surface area contributed by atoms with E-state index in [2.05, 4.69) is 15.5 Å². The zero-order valence-corrected chi connectivity index (χ0v) is 15.3. The molecule has 1 aliphatic rings. The number of nitrogens with one attached hydrogen (secondary N) is 1. The molecule has 0 aliphatic carbocycles. The van der Waals surface area contributed by atoms with Crippen molar-refractivity contribution < 1.29 is 17.7 Å². The number of sulfonamides is 1. The largest absolute Gasteiger partial charge is 0.356 e. The van der Waals surface area contributed by atoms with Crippen molar-refractivity contribution in [2.24, 2.45) is 0 Å². The summed E-state index contributed by atoms with van der Waals surface area (Å²) in [5.74, 6) is 1.30. The van der Waals surface area contributed by atoms with Crippen LogP contribution in [0.25, 0.3) is 0 Å².